The average molecular weight is 308 g/mol. The van der Waals surface area contributed by atoms with Crippen LogP contribution in [0.5, 0.6) is 0 Å². The largest absolute Gasteiger partial charge is 0.373 e. The molecule has 116 valence electrons. The second-order valence-corrected chi connectivity index (χ2v) is 6.96. The van der Waals surface area contributed by atoms with Crippen LogP contribution >= 0.6 is 11.6 Å². The first-order valence-corrected chi connectivity index (χ1v) is 8.45. The molecule has 0 radical (unpaired) electrons. The van der Waals surface area contributed by atoms with Crippen molar-refractivity contribution in [1.29, 1.82) is 0 Å². The van der Waals surface area contributed by atoms with Gasteiger partial charge in [0.2, 0.25) is 0 Å². The van der Waals surface area contributed by atoms with Gasteiger partial charge >= 0.3 is 0 Å². The minimum Gasteiger partial charge on any atom is -0.373 e. The highest BCUT2D eigenvalue weighted by atomic mass is 35.5. The molecule has 0 amide bonds. The van der Waals surface area contributed by atoms with E-state index in [1.165, 1.54) is 43.5 Å². The predicted octanol–water partition coefficient (Wildman–Crippen LogP) is 3.12. The molecular weight excluding hydrogens is 282 g/mol. The van der Waals surface area contributed by atoms with E-state index in [0.717, 1.165) is 18.1 Å². The van der Waals surface area contributed by atoms with Crippen LogP contribution in [0.15, 0.2) is 18.2 Å². The molecule has 2 aliphatic rings. The molecule has 1 saturated heterocycles. The molecule has 1 aromatic carbocycles. The summed E-state index contributed by atoms with van der Waals surface area (Å²) < 4.78 is 0. The number of nitrogens with one attached hydrogen (secondary N) is 1. The molecule has 4 heteroatoms. The first-order chi connectivity index (χ1) is 10.1. The van der Waals surface area contributed by atoms with Crippen LogP contribution in [0.4, 0.5) is 5.69 Å². The van der Waals surface area contributed by atoms with Gasteiger partial charge in [0.1, 0.15) is 0 Å². The molecule has 0 aromatic heterocycles. The number of hydrogen-bond donors (Lipinski definition) is 1. The molecule has 0 spiro atoms. The Morgan fingerprint density at radius 3 is 2.81 bits per heavy atom. The Hall–Kier alpha value is -0.770. The lowest BCUT2D eigenvalue weighted by Crippen LogP contribution is -2.37. The standard InChI is InChI=1S/C17H26ClN3/c1-20-10-4-5-14(20)12-21(2)17-7-3-6-16(18)15(17)11-19-13-8-9-13/h3,6-7,13-14,19H,4-5,8-12H2,1-2H3. The molecule has 3 rings (SSSR count). The summed E-state index contributed by atoms with van der Waals surface area (Å²) in [6.07, 6.45) is 5.24. The van der Waals surface area contributed by atoms with Crippen LogP contribution in [0, 0.1) is 0 Å². The summed E-state index contributed by atoms with van der Waals surface area (Å²) in [7, 11) is 4.43. The highest BCUT2D eigenvalue weighted by Crippen LogP contribution is 2.29. The topological polar surface area (TPSA) is 18.5 Å². The van der Waals surface area contributed by atoms with Crippen LogP contribution in [0.1, 0.15) is 31.2 Å². The number of likely N-dealkylation sites (tertiary alicyclic amines) is 1. The second-order valence-electron chi connectivity index (χ2n) is 6.55. The summed E-state index contributed by atoms with van der Waals surface area (Å²) in [6.45, 7) is 3.18. The number of nitrogens with zero attached hydrogens (tertiary/aromatic N) is 2. The van der Waals surface area contributed by atoms with Gasteiger partial charge in [0.05, 0.1) is 0 Å². The Morgan fingerprint density at radius 1 is 1.33 bits per heavy atom. The van der Waals surface area contributed by atoms with Crippen molar-refractivity contribution in [3.63, 3.8) is 0 Å². The van der Waals surface area contributed by atoms with Gasteiger partial charge in [-0.1, -0.05) is 17.7 Å². The highest BCUT2D eigenvalue weighted by Gasteiger charge is 2.24. The van der Waals surface area contributed by atoms with Gasteiger partial charge in [-0.2, -0.15) is 0 Å². The Labute approximate surface area is 133 Å². The number of rotatable bonds is 6. The monoisotopic (exact) mass is 307 g/mol. The fourth-order valence-corrected chi connectivity index (χ4v) is 3.47. The van der Waals surface area contributed by atoms with Crippen LogP contribution in [-0.4, -0.2) is 44.2 Å². The van der Waals surface area contributed by atoms with Gasteiger partial charge in [0.15, 0.2) is 0 Å². The van der Waals surface area contributed by atoms with E-state index in [9.17, 15) is 0 Å². The molecule has 1 atom stereocenters. The molecule has 2 fully saturated rings. The summed E-state index contributed by atoms with van der Waals surface area (Å²) in [4.78, 5) is 4.85. The molecular formula is C17H26ClN3. The molecule has 3 nitrogen and oxygen atoms in total. The van der Waals surface area contributed by atoms with E-state index >= 15 is 0 Å². The minimum absolute atomic E-state index is 0.665. The lowest BCUT2D eigenvalue weighted by atomic mass is 10.1. The minimum atomic E-state index is 0.665. The molecule has 1 aromatic rings. The molecule has 1 aliphatic carbocycles. The average Bonchev–Trinajstić information content (AvgIpc) is 3.21. The number of likely N-dealkylation sites (N-methyl/N-ethyl adjacent to an activating group) is 2. The third kappa shape index (κ3) is 3.71. The summed E-state index contributed by atoms with van der Waals surface area (Å²) in [5, 5.41) is 4.47. The quantitative estimate of drug-likeness (QED) is 0.871. The van der Waals surface area contributed by atoms with Crippen LogP contribution in [0.2, 0.25) is 5.02 Å². The van der Waals surface area contributed by atoms with Crippen molar-refractivity contribution in [3.8, 4) is 0 Å². The van der Waals surface area contributed by atoms with Crippen molar-refractivity contribution < 1.29 is 0 Å². The van der Waals surface area contributed by atoms with Crippen LogP contribution in [0.25, 0.3) is 0 Å². The molecule has 1 saturated carbocycles. The Kier molecular flexibility index (Phi) is 4.72. The number of benzene rings is 1. The molecule has 1 unspecified atom stereocenters. The van der Waals surface area contributed by atoms with Gasteiger partial charge in [-0.15, -0.1) is 0 Å². The third-order valence-electron chi connectivity index (χ3n) is 4.81. The Bertz CT molecular complexity index is 487. The van der Waals surface area contributed by atoms with Gasteiger partial charge in [0.25, 0.3) is 0 Å². The number of anilines is 1. The molecule has 1 N–H and O–H groups in total. The zero-order chi connectivity index (χ0) is 14.8. The van der Waals surface area contributed by atoms with Crippen molar-refractivity contribution in [2.75, 3.05) is 32.1 Å². The molecule has 0 bridgehead atoms. The fraction of sp³-hybridized carbons (Fsp3) is 0.647. The van der Waals surface area contributed by atoms with Crippen molar-refractivity contribution in [2.24, 2.45) is 0 Å². The molecule has 21 heavy (non-hydrogen) atoms. The van der Waals surface area contributed by atoms with Gasteiger partial charge in [-0.3, -0.25) is 0 Å². The maximum Gasteiger partial charge on any atom is 0.0471 e. The van der Waals surface area contributed by atoms with E-state index in [2.05, 4.69) is 41.3 Å². The normalized spacial score (nSPS) is 22.7. The molecule has 1 heterocycles. The first-order valence-electron chi connectivity index (χ1n) is 8.07. The lowest BCUT2D eigenvalue weighted by Gasteiger charge is -2.29. The second kappa shape index (κ2) is 6.55. The van der Waals surface area contributed by atoms with Gasteiger partial charge in [0, 0.05) is 48.5 Å². The van der Waals surface area contributed by atoms with Crippen molar-refractivity contribution in [1.82, 2.24) is 10.2 Å². The number of halogens is 1. The maximum absolute atomic E-state index is 6.45. The first kappa shape index (κ1) is 15.1. The summed E-state index contributed by atoms with van der Waals surface area (Å²) >= 11 is 6.45. The van der Waals surface area contributed by atoms with E-state index in [4.69, 9.17) is 11.6 Å². The van der Waals surface area contributed by atoms with Crippen molar-refractivity contribution in [2.45, 2.75) is 44.3 Å². The lowest BCUT2D eigenvalue weighted by molar-refractivity contribution is 0.314. The fourth-order valence-electron chi connectivity index (χ4n) is 3.24. The maximum atomic E-state index is 6.45. The van der Waals surface area contributed by atoms with E-state index in [1.807, 2.05) is 6.07 Å². The van der Waals surface area contributed by atoms with E-state index in [-0.39, 0.29) is 0 Å². The summed E-state index contributed by atoms with van der Waals surface area (Å²) in [5.41, 5.74) is 2.52. The Balaban J connectivity index is 1.71. The van der Waals surface area contributed by atoms with Gasteiger partial charge < -0.3 is 15.1 Å². The SMILES string of the molecule is CN(CC1CCCN1C)c1cccc(Cl)c1CNC1CC1. The molecule has 1 aliphatic heterocycles. The van der Waals surface area contributed by atoms with E-state index < -0.39 is 0 Å². The van der Waals surface area contributed by atoms with Gasteiger partial charge in [-0.05, 0) is 51.4 Å². The smallest absolute Gasteiger partial charge is 0.0471 e. The van der Waals surface area contributed by atoms with Crippen LogP contribution in [0.3, 0.4) is 0 Å². The van der Waals surface area contributed by atoms with Crippen molar-refractivity contribution >= 4 is 17.3 Å². The van der Waals surface area contributed by atoms with Crippen LogP contribution < -0.4 is 10.2 Å². The van der Waals surface area contributed by atoms with Gasteiger partial charge in [-0.25, -0.2) is 0 Å². The zero-order valence-corrected chi connectivity index (χ0v) is 13.9. The zero-order valence-electron chi connectivity index (χ0n) is 13.1. The Morgan fingerprint density at radius 2 is 2.14 bits per heavy atom. The predicted molar refractivity (Wildman–Crippen MR) is 90.2 cm³/mol. The highest BCUT2D eigenvalue weighted by molar-refractivity contribution is 6.31. The summed E-state index contributed by atoms with van der Waals surface area (Å²) in [6, 6.07) is 7.64. The van der Waals surface area contributed by atoms with E-state index in [1.54, 1.807) is 0 Å². The number of hydrogen-bond acceptors (Lipinski definition) is 3. The third-order valence-corrected chi connectivity index (χ3v) is 5.16. The van der Waals surface area contributed by atoms with Crippen molar-refractivity contribution in [3.05, 3.63) is 28.8 Å². The van der Waals surface area contributed by atoms with E-state index in [0.29, 0.717) is 12.1 Å². The van der Waals surface area contributed by atoms with Crippen LogP contribution in [-0.2, 0) is 6.54 Å². The summed E-state index contributed by atoms with van der Waals surface area (Å²) in [5.74, 6) is 0.